The SMILES string of the molecule is CC(C)(CC(=O)O)Cc1nnc(-c2ccncc2Cl)o1. The first-order valence-corrected chi connectivity index (χ1v) is 6.39. The van der Waals surface area contributed by atoms with Crippen molar-refractivity contribution in [1.82, 2.24) is 15.2 Å². The number of hydrogen-bond donors (Lipinski definition) is 1. The minimum absolute atomic E-state index is 0.0285. The van der Waals surface area contributed by atoms with Crippen LogP contribution in [0.3, 0.4) is 0 Å². The van der Waals surface area contributed by atoms with Gasteiger partial charge in [0.2, 0.25) is 11.8 Å². The number of aliphatic carboxylic acids is 1. The monoisotopic (exact) mass is 295 g/mol. The Kier molecular flexibility index (Phi) is 4.04. The van der Waals surface area contributed by atoms with Gasteiger partial charge in [0.25, 0.3) is 0 Å². The maximum Gasteiger partial charge on any atom is 0.303 e. The van der Waals surface area contributed by atoms with Crippen molar-refractivity contribution < 1.29 is 14.3 Å². The van der Waals surface area contributed by atoms with Gasteiger partial charge >= 0.3 is 5.97 Å². The summed E-state index contributed by atoms with van der Waals surface area (Å²) in [5.41, 5.74) is 0.147. The van der Waals surface area contributed by atoms with E-state index in [2.05, 4.69) is 15.2 Å². The zero-order chi connectivity index (χ0) is 14.8. The van der Waals surface area contributed by atoms with E-state index < -0.39 is 11.4 Å². The lowest BCUT2D eigenvalue weighted by Crippen LogP contribution is -2.19. The van der Waals surface area contributed by atoms with Gasteiger partial charge in [-0.05, 0) is 11.5 Å². The number of pyridine rings is 1. The normalized spacial score (nSPS) is 11.6. The standard InChI is InChI=1S/C13H14ClN3O3/c1-13(2,6-11(18)19)5-10-16-17-12(20-10)8-3-4-15-7-9(8)14/h3-4,7H,5-6H2,1-2H3,(H,18,19). The quantitative estimate of drug-likeness (QED) is 0.912. The zero-order valence-electron chi connectivity index (χ0n) is 11.1. The van der Waals surface area contributed by atoms with Crippen LogP contribution in [0.2, 0.25) is 5.02 Å². The van der Waals surface area contributed by atoms with E-state index in [0.717, 1.165) is 0 Å². The molecule has 0 saturated carbocycles. The van der Waals surface area contributed by atoms with Crippen molar-refractivity contribution in [3.05, 3.63) is 29.4 Å². The third kappa shape index (κ3) is 3.54. The van der Waals surface area contributed by atoms with Crippen LogP contribution in [0.5, 0.6) is 0 Å². The van der Waals surface area contributed by atoms with Crippen LogP contribution >= 0.6 is 11.6 Å². The van der Waals surface area contributed by atoms with Gasteiger partial charge in [-0.15, -0.1) is 10.2 Å². The predicted octanol–water partition coefficient (Wildman–Crippen LogP) is 2.83. The van der Waals surface area contributed by atoms with Crippen molar-refractivity contribution in [2.75, 3.05) is 0 Å². The van der Waals surface area contributed by atoms with Crippen molar-refractivity contribution >= 4 is 17.6 Å². The molecule has 1 N–H and O–H groups in total. The Morgan fingerprint density at radius 1 is 1.45 bits per heavy atom. The number of nitrogens with zero attached hydrogens (tertiary/aromatic N) is 3. The van der Waals surface area contributed by atoms with E-state index in [1.807, 2.05) is 13.8 Å². The van der Waals surface area contributed by atoms with Gasteiger partial charge in [0.15, 0.2) is 0 Å². The van der Waals surface area contributed by atoms with Gasteiger partial charge in [0, 0.05) is 18.8 Å². The molecule has 0 amide bonds. The van der Waals surface area contributed by atoms with Crippen LogP contribution in [0.4, 0.5) is 0 Å². The van der Waals surface area contributed by atoms with E-state index in [4.69, 9.17) is 21.1 Å². The van der Waals surface area contributed by atoms with E-state index in [1.165, 1.54) is 6.20 Å². The molecule has 0 unspecified atom stereocenters. The lowest BCUT2D eigenvalue weighted by molar-refractivity contribution is -0.139. The molecule has 2 aromatic heterocycles. The Balaban J connectivity index is 2.18. The number of carboxylic acids is 1. The molecule has 6 nitrogen and oxygen atoms in total. The van der Waals surface area contributed by atoms with Crippen LogP contribution in [0.15, 0.2) is 22.9 Å². The minimum Gasteiger partial charge on any atom is -0.481 e. The summed E-state index contributed by atoms with van der Waals surface area (Å²) in [6, 6.07) is 1.68. The first kappa shape index (κ1) is 14.5. The molecule has 0 aliphatic heterocycles. The average molecular weight is 296 g/mol. The third-order valence-corrected chi connectivity index (χ3v) is 3.03. The van der Waals surface area contributed by atoms with Crippen molar-refractivity contribution in [1.29, 1.82) is 0 Å². The van der Waals surface area contributed by atoms with E-state index in [1.54, 1.807) is 12.3 Å². The van der Waals surface area contributed by atoms with Gasteiger partial charge in [0.05, 0.1) is 17.0 Å². The lowest BCUT2D eigenvalue weighted by atomic mass is 9.86. The first-order chi connectivity index (χ1) is 9.37. The molecular weight excluding hydrogens is 282 g/mol. The Morgan fingerprint density at radius 2 is 2.20 bits per heavy atom. The van der Waals surface area contributed by atoms with Crippen molar-refractivity contribution in [2.24, 2.45) is 5.41 Å². The van der Waals surface area contributed by atoms with E-state index in [0.29, 0.717) is 28.8 Å². The van der Waals surface area contributed by atoms with Gasteiger partial charge in [-0.3, -0.25) is 9.78 Å². The molecule has 0 aliphatic rings. The highest BCUT2D eigenvalue weighted by atomic mass is 35.5. The van der Waals surface area contributed by atoms with Crippen LogP contribution in [0.1, 0.15) is 26.2 Å². The summed E-state index contributed by atoms with van der Waals surface area (Å²) >= 11 is 6.00. The molecular formula is C13H14ClN3O3. The Bertz CT molecular complexity index is 625. The Hall–Kier alpha value is -1.95. The molecule has 7 heteroatoms. The van der Waals surface area contributed by atoms with Crippen molar-refractivity contribution in [3.63, 3.8) is 0 Å². The summed E-state index contributed by atoms with van der Waals surface area (Å²) in [7, 11) is 0. The maximum absolute atomic E-state index is 10.8. The van der Waals surface area contributed by atoms with E-state index in [9.17, 15) is 4.79 Å². The molecule has 2 rings (SSSR count). The average Bonchev–Trinajstić information content (AvgIpc) is 2.75. The third-order valence-electron chi connectivity index (χ3n) is 2.73. The highest BCUT2D eigenvalue weighted by Crippen LogP contribution is 2.29. The second-order valence-corrected chi connectivity index (χ2v) is 5.68. The molecule has 2 aromatic rings. The fraction of sp³-hybridized carbons (Fsp3) is 0.385. The molecule has 0 spiro atoms. The predicted molar refractivity (Wildman–Crippen MR) is 72.3 cm³/mol. The van der Waals surface area contributed by atoms with Crippen LogP contribution in [-0.2, 0) is 11.2 Å². The Labute approximate surface area is 120 Å². The number of rotatable bonds is 5. The molecule has 20 heavy (non-hydrogen) atoms. The second-order valence-electron chi connectivity index (χ2n) is 5.27. The van der Waals surface area contributed by atoms with Gasteiger partial charge in [0.1, 0.15) is 0 Å². The van der Waals surface area contributed by atoms with Gasteiger partial charge < -0.3 is 9.52 Å². The molecule has 2 heterocycles. The molecule has 0 aromatic carbocycles. The van der Waals surface area contributed by atoms with Crippen LogP contribution in [0.25, 0.3) is 11.5 Å². The second kappa shape index (κ2) is 5.58. The van der Waals surface area contributed by atoms with Gasteiger partial charge in [-0.1, -0.05) is 25.4 Å². The lowest BCUT2D eigenvalue weighted by Gasteiger charge is -2.19. The molecule has 106 valence electrons. The molecule has 0 saturated heterocycles. The van der Waals surface area contributed by atoms with Crippen molar-refractivity contribution in [3.8, 4) is 11.5 Å². The summed E-state index contributed by atoms with van der Waals surface area (Å²) in [6.07, 6.45) is 3.49. The fourth-order valence-corrected chi connectivity index (χ4v) is 2.06. The molecule has 0 atom stereocenters. The molecule has 0 radical (unpaired) electrons. The highest BCUT2D eigenvalue weighted by Gasteiger charge is 2.25. The van der Waals surface area contributed by atoms with Gasteiger partial charge in [-0.2, -0.15) is 0 Å². The van der Waals surface area contributed by atoms with Gasteiger partial charge in [-0.25, -0.2) is 0 Å². The summed E-state index contributed by atoms with van der Waals surface area (Å²) in [4.78, 5) is 14.7. The van der Waals surface area contributed by atoms with E-state index >= 15 is 0 Å². The Morgan fingerprint density at radius 3 is 2.85 bits per heavy atom. The van der Waals surface area contributed by atoms with Crippen molar-refractivity contribution in [2.45, 2.75) is 26.7 Å². The van der Waals surface area contributed by atoms with Crippen LogP contribution in [0, 0.1) is 5.41 Å². The first-order valence-electron chi connectivity index (χ1n) is 6.01. The number of hydrogen-bond acceptors (Lipinski definition) is 5. The van der Waals surface area contributed by atoms with E-state index in [-0.39, 0.29) is 6.42 Å². The smallest absolute Gasteiger partial charge is 0.303 e. The zero-order valence-corrected chi connectivity index (χ0v) is 11.9. The molecule has 0 bridgehead atoms. The minimum atomic E-state index is -0.855. The largest absolute Gasteiger partial charge is 0.481 e. The van der Waals surface area contributed by atoms with Crippen LogP contribution in [-0.4, -0.2) is 26.3 Å². The molecule has 0 fully saturated rings. The maximum atomic E-state index is 10.8. The number of halogens is 1. The van der Waals surface area contributed by atoms with Crippen LogP contribution < -0.4 is 0 Å². The number of aromatic nitrogens is 3. The summed E-state index contributed by atoms with van der Waals surface area (Å²) in [5.74, 6) is -0.162. The fourth-order valence-electron chi connectivity index (χ4n) is 1.86. The summed E-state index contributed by atoms with van der Waals surface area (Å²) in [6.45, 7) is 3.68. The topological polar surface area (TPSA) is 89.1 Å². The summed E-state index contributed by atoms with van der Waals surface area (Å²) < 4.78 is 5.54. The highest BCUT2D eigenvalue weighted by molar-refractivity contribution is 6.32. The molecule has 0 aliphatic carbocycles. The number of carboxylic acid groups (broad SMARTS) is 1. The number of carbonyl (C=O) groups is 1. The summed E-state index contributed by atoms with van der Waals surface area (Å²) in [5, 5.41) is 17.2.